The normalized spacial score (nSPS) is 10.6. The zero-order chi connectivity index (χ0) is 21.5. The lowest BCUT2D eigenvalue weighted by Gasteiger charge is -2.11. The number of amides is 2. The molecule has 0 aliphatic heterocycles. The predicted molar refractivity (Wildman–Crippen MR) is 119 cm³/mol. The van der Waals surface area contributed by atoms with E-state index in [-0.39, 0.29) is 24.2 Å². The van der Waals surface area contributed by atoms with Crippen molar-refractivity contribution in [2.24, 2.45) is 0 Å². The Bertz CT molecular complexity index is 1040. The third-order valence-electron chi connectivity index (χ3n) is 4.12. The number of rotatable bonds is 8. The first kappa shape index (κ1) is 21.9. The summed E-state index contributed by atoms with van der Waals surface area (Å²) in [5, 5.41) is 16.4. The molecule has 3 aromatic rings. The van der Waals surface area contributed by atoms with Crippen LogP contribution in [0.3, 0.4) is 0 Å². The summed E-state index contributed by atoms with van der Waals surface area (Å²) < 4.78 is 1.87. The zero-order valence-corrected chi connectivity index (χ0v) is 17.8. The summed E-state index contributed by atoms with van der Waals surface area (Å²) in [6.45, 7) is 1.79. The molecule has 0 saturated heterocycles. The van der Waals surface area contributed by atoms with E-state index < -0.39 is 0 Å². The van der Waals surface area contributed by atoms with Crippen LogP contribution in [-0.2, 0) is 22.7 Å². The van der Waals surface area contributed by atoms with Gasteiger partial charge in [-0.2, -0.15) is 0 Å². The van der Waals surface area contributed by atoms with Gasteiger partial charge in [0.05, 0.1) is 24.3 Å². The molecular weight excluding hydrogens is 424 g/mol. The minimum atomic E-state index is -0.202. The molecule has 0 aliphatic carbocycles. The Labute approximate surface area is 183 Å². The van der Waals surface area contributed by atoms with E-state index in [0.29, 0.717) is 33.8 Å². The zero-order valence-electron chi connectivity index (χ0n) is 16.3. The molecule has 3 N–H and O–H groups in total. The molecule has 7 nitrogen and oxygen atoms in total. The van der Waals surface area contributed by atoms with Gasteiger partial charge in [-0.3, -0.25) is 9.59 Å². The van der Waals surface area contributed by atoms with Gasteiger partial charge in [-0.05, 0) is 35.9 Å². The van der Waals surface area contributed by atoms with Crippen molar-refractivity contribution in [3.63, 3.8) is 0 Å². The molecule has 2 amide bonds. The number of aliphatic hydroxyl groups is 1. The van der Waals surface area contributed by atoms with E-state index in [0.717, 1.165) is 5.56 Å². The van der Waals surface area contributed by atoms with E-state index in [1.165, 1.54) is 18.7 Å². The number of nitrogens with one attached hydrogen (secondary N) is 2. The molecule has 0 bridgehead atoms. The van der Waals surface area contributed by atoms with Gasteiger partial charge < -0.3 is 20.3 Å². The monoisotopic (exact) mass is 444 g/mol. The van der Waals surface area contributed by atoms with Crippen LogP contribution >= 0.6 is 23.4 Å². The van der Waals surface area contributed by atoms with Crippen molar-refractivity contribution >= 4 is 46.6 Å². The van der Waals surface area contributed by atoms with E-state index >= 15 is 0 Å². The maximum absolute atomic E-state index is 12.4. The van der Waals surface area contributed by atoms with Gasteiger partial charge in [-0.1, -0.05) is 41.6 Å². The third kappa shape index (κ3) is 6.09. The molecule has 0 radical (unpaired) electrons. The smallest absolute Gasteiger partial charge is 0.234 e. The molecule has 3 rings (SSSR count). The lowest BCUT2D eigenvalue weighted by molar-refractivity contribution is -0.114. The average Bonchev–Trinajstić information content (AvgIpc) is 3.09. The number of aliphatic hydroxyl groups excluding tert-OH is 1. The predicted octanol–water partition coefficient (Wildman–Crippen LogP) is 3.77. The first-order valence-electron chi connectivity index (χ1n) is 9.14. The number of hydrogen-bond donors (Lipinski definition) is 3. The van der Waals surface area contributed by atoms with E-state index in [2.05, 4.69) is 15.6 Å². The van der Waals surface area contributed by atoms with E-state index in [9.17, 15) is 14.7 Å². The number of anilines is 2. The molecule has 0 atom stereocenters. The Morgan fingerprint density at radius 3 is 2.50 bits per heavy atom. The van der Waals surface area contributed by atoms with Crippen molar-refractivity contribution in [1.29, 1.82) is 0 Å². The van der Waals surface area contributed by atoms with E-state index in [1.807, 2.05) is 28.8 Å². The largest absolute Gasteiger partial charge is 0.390 e. The molecule has 1 heterocycles. The van der Waals surface area contributed by atoms with Crippen molar-refractivity contribution in [2.45, 2.75) is 25.2 Å². The summed E-state index contributed by atoms with van der Waals surface area (Å²) in [5.41, 5.74) is 2.87. The molecule has 0 saturated carbocycles. The molecule has 0 aliphatic rings. The fourth-order valence-corrected chi connectivity index (χ4v) is 3.70. The van der Waals surface area contributed by atoms with Crippen molar-refractivity contribution < 1.29 is 14.7 Å². The van der Waals surface area contributed by atoms with Crippen molar-refractivity contribution in [2.75, 3.05) is 16.4 Å². The molecule has 9 heteroatoms. The first-order chi connectivity index (χ1) is 14.4. The highest BCUT2D eigenvalue weighted by atomic mass is 35.5. The van der Waals surface area contributed by atoms with Gasteiger partial charge in [0, 0.05) is 29.9 Å². The molecule has 156 valence electrons. The van der Waals surface area contributed by atoms with Gasteiger partial charge in [-0.25, -0.2) is 4.98 Å². The van der Waals surface area contributed by atoms with Gasteiger partial charge in [0.25, 0.3) is 0 Å². The van der Waals surface area contributed by atoms with Crippen molar-refractivity contribution in [3.05, 3.63) is 71.0 Å². The molecule has 2 aromatic carbocycles. The quantitative estimate of drug-likeness (QED) is 0.459. The number of thioether (sulfide) groups is 1. The van der Waals surface area contributed by atoms with E-state index in [1.54, 1.807) is 30.5 Å². The maximum Gasteiger partial charge on any atom is 0.234 e. The highest BCUT2D eigenvalue weighted by molar-refractivity contribution is 7.99. The van der Waals surface area contributed by atoms with E-state index in [4.69, 9.17) is 11.6 Å². The number of carbonyl (C=O) groups excluding carboxylic acids is 2. The SMILES string of the molecule is CC(=O)Nc1cccc(NC(=O)CSc2ncc(CO)n2Cc2ccc(Cl)cc2)c1. The van der Waals surface area contributed by atoms with Crippen molar-refractivity contribution in [3.8, 4) is 0 Å². The van der Waals surface area contributed by atoms with Gasteiger partial charge in [0.1, 0.15) is 0 Å². The van der Waals surface area contributed by atoms with Crippen LogP contribution in [0.25, 0.3) is 0 Å². The fourth-order valence-electron chi connectivity index (χ4n) is 2.78. The van der Waals surface area contributed by atoms with Crippen LogP contribution < -0.4 is 10.6 Å². The average molecular weight is 445 g/mol. The van der Waals surface area contributed by atoms with Crippen LogP contribution in [0.2, 0.25) is 5.02 Å². The van der Waals surface area contributed by atoms with Gasteiger partial charge in [0.2, 0.25) is 11.8 Å². The first-order valence-corrected chi connectivity index (χ1v) is 10.5. The Morgan fingerprint density at radius 2 is 1.83 bits per heavy atom. The Hall–Kier alpha value is -2.81. The summed E-state index contributed by atoms with van der Waals surface area (Å²) in [6, 6.07) is 14.4. The lowest BCUT2D eigenvalue weighted by atomic mass is 10.2. The Kier molecular flexibility index (Phi) is 7.51. The lowest BCUT2D eigenvalue weighted by Crippen LogP contribution is -2.15. The summed E-state index contributed by atoms with van der Waals surface area (Å²) in [6.07, 6.45) is 1.60. The summed E-state index contributed by atoms with van der Waals surface area (Å²) >= 11 is 7.22. The second-order valence-electron chi connectivity index (χ2n) is 6.50. The number of hydrogen-bond acceptors (Lipinski definition) is 5. The second kappa shape index (κ2) is 10.3. The van der Waals surface area contributed by atoms with Crippen LogP contribution in [0.15, 0.2) is 59.9 Å². The summed E-state index contributed by atoms with van der Waals surface area (Å²) in [7, 11) is 0. The standard InChI is InChI=1S/C21H21ClN4O3S/c1-14(28)24-17-3-2-4-18(9-17)25-20(29)13-30-21-23-10-19(12-27)26(21)11-15-5-7-16(22)8-6-15/h2-10,27H,11-13H2,1H3,(H,24,28)(H,25,29). The Balaban J connectivity index is 1.64. The van der Waals surface area contributed by atoms with Crippen LogP contribution in [0.1, 0.15) is 18.2 Å². The number of carbonyl (C=O) groups is 2. The second-order valence-corrected chi connectivity index (χ2v) is 7.88. The number of halogens is 1. The van der Waals surface area contributed by atoms with Gasteiger partial charge >= 0.3 is 0 Å². The van der Waals surface area contributed by atoms with Crippen LogP contribution in [0, 0.1) is 0 Å². The van der Waals surface area contributed by atoms with Crippen LogP contribution in [0.4, 0.5) is 11.4 Å². The van der Waals surface area contributed by atoms with Gasteiger partial charge in [-0.15, -0.1) is 0 Å². The summed E-state index contributed by atoms with van der Waals surface area (Å²) in [4.78, 5) is 27.9. The molecule has 30 heavy (non-hydrogen) atoms. The highest BCUT2D eigenvalue weighted by Gasteiger charge is 2.13. The molecule has 0 unspecified atom stereocenters. The third-order valence-corrected chi connectivity index (χ3v) is 5.36. The number of imidazole rings is 1. The Morgan fingerprint density at radius 1 is 1.13 bits per heavy atom. The maximum atomic E-state index is 12.4. The van der Waals surface area contributed by atoms with Crippen LogP contribution in [-0.4, -0.2) is 32.2 Å². The molecule has 0 spiro atoms. The number of nitrogens with zero attached hydrogens (tertiary/aromatic N) is 2. The van der Waals surface area contributed by atoms with Crippen LogP contribution in [0.5, 0.6) is 0 Å². The van der Waals surface area contributed by atoms with Gasteiger partial charge in [0.15, 0.2) is 5.16 Å². The highest BCUT2D eigenvalue weighted by Crippen LogP contribution is 2.22. The molecular formula is C21H21ClN4O3S. The fraction of sp³-hybridized carbons (Fsp3) is 0.190. The van der Waals surface area contributed by atoms with Crippen molar-refractivity contribution in [1.82, 2.24) is 9.55 Å². The topological polar surface area (TPSA) is 96.2 Å². The molecule has 0 fully saturated rings. The number of benzene rings is 2. The molecule has 1 aromatic heterocycles. The number of aromatic nitrogens is 2. The summed E-state index contributed by atoms with van der Waals surface area (Å²) in [5.74, 6) is -0.236. The minimum absolute atomic E-state index is 0.146. The minimum Gasteiger partial charge on any atom is -0.390 e.